The SMILES string of the molecule is CN(C)c1ccc([C@@H](O)CN)cn1. The third-order valence-corrected chi connectivity index (χ3v) is 1.84. The number of hydrogen-bond donors (Lipinski definition) is 2. The van der Waals surface area contributed by atoms with Crippen molar-refractivity contribution < 1.29 is 5.11 Å². The molecule has 1 rings (SSSR count). The van der Waals surface area contributed by atoms with Gasteiger partial charge in [-0.25, -0.2) is 4.98 Å². The molecule has 4 heteroatoms. The van der Waals surface area contributed by atoms with Crippen molar-refractivity contribution in [2.45, 2.75) is 6.10 Å². The number of aromatic nitrogens is 1. The van der Waals surface area contributed by atoms with Crippen molar-refractivity contribution >= 4 is 5.82 Å². The minimum absolute atomic E-state index is 0.225. The highest BCUT2D eigenvalue weighted by atomic mass is 16.3. The number of nitrogens with two attached hydrogens (primary N) is 1. The zero-order valence-electron chi connectivity index (χ0n) is 7.94. The molecule has 1 aromatic rings. The summed E-state index contributed by atoms with van der Waals surface area (Å²) in [5, 5.41) is 9.38. The van der Waals surface area contributed by atoms with Gasteiger partial charge in [-0.2, -0.15) is 0 Å². The predicted octanol–water partition coefficient (Wildman–Crippen LogP) is 0.140. The van der Waals surface area contributed by atoms with Crippen LogP contribution in [0.25, 0.3) is 0 Å². The average Bonchev–Trinajstić information content (AvgIpc) is 2.17. The summed E-state index contributed by atoms with van der Waals surface area (Å²) in [7, 11) is 3.84. The van der Waals surface area contributed by atoms with E-state index in [0.29, 0.717) is 0 Å². The first-order valence-corrected chi connectivity index (χ1v) is 4.16. The topological polar surface area (TPSA) is 62.4 Å². The van der Waals surface area contributed by atoms with Crippen LogP contribution in [0, 0.1) is 0 Å². The highest BCUT2D eigenvalue weighted by molar-refractivity contribution is 5.37. The molecular formula is C9H15N3O. The largest absolute Gasteiger partial charge is 0.387 e. The molecule has 72 valence electrons. The van der Waals surface area contributed by atoms with Crippen molar-refractivity contribution in [1.29, 1.82) is 0 Å². The van der Waals surface area contributed by atoms with Gasteiger partial charge in [0.05, 0.1) is 6.10 Å². The molecule has 0 aliphatic heterocycles. The van der Waals surface area contributed by atoms with Crippen molar-refractivity contribution in [3.63, 3.8) is 0 Å². The predicted molar refractivity (Wildman–Crippen MR) is 52.6 cm³/mol. The Hall–Kier alpha value is -1.13. The third-order valence-electron chi connectivity index (χ3n) is 1.84. The number of aliphatic hydroxyl groups excluding tert-OH is 1. The summed E-state index contributed by atoms with van der Waals surface area (Å²) in [6.07, 6.45) is 1.04. The summed E-state index contributed by atoms with van der Waals surface area (Å²) in [6, 6.07) is 3.69. The van der Waals surface area contributed by atoms with Crippen LogP contribution < -0.4 is 10.6 Å². The molecule has 1 heterocycles. The molecule has 0 amide bonds. The first-order chi connectivity index (χ1) is 6.15. The van der Waals surface area contributed by atoms with Crippen molar-refractivity contribution in [3.8, 4) is 0 Å². The maximum Gasteiger partial charge on any atom is 0.127 e. The van der Waals surface area contributed by atoms with Crippen LogP contribution in [0.15, 0.2) is 18.3 Å². The van der Waals surface area contributed by atoms with Crippen LogP contribution in [0.1, 0.15) is 11.7 Å². The summed E-state index contributed by atoms with van der Waals surface area (Å²) in [5.41, 5.74) is 6.07. The normalized spacial score (nSPS) is 12.6. The van der Waals surface area contributed by atoms with Gasteiger partial charge in [0.2, 0.25) is 0 Å². The lowest BCUT2D eigenvalue weighted by Gasteiger charge is -2.12. The number of aliphatic hydroxyl groups is 1. The van der Waals surface area contributed by atoms with Gasteiger partial charge in [0.15, 0.2) is 0 Å². The highest BCUT2D eigenvalue weighted by Gasteiger charge is 2.05. The molecule has 13 heavy (non-hydrogen) atoms. The van der Waals surface area contributed by atoms with E-state index in [2.05, 4.69) is 4.98 Å². The van der Waals surface area contributed by atoms with Gasteiger partial charge in [-0.05, 0) is 6.07 Å². The van der Waals surface area contributed by atoms with Crippen LogP contribution in [-0.2, 0) is 0 Å². The van der Waals surface area contributed by atoms with E-state index in [-0.39, 0.29) is 6.54 Å². The lowest BCUT2D eigenvalue weighted by molar-refractivity contribution is 0.186. The molecule has 0 aliphatic carbocycles. The maximum atomic E-state index is 9.38. The maximum absolute atomic E-state index is 9.38. The molecule has 0 saturated heterocycles. The van der Waals surface area contributed by atoms with Gasteiger partial charge in [-0.15, -0.1) is 0 Å². The van der Waals surface area contributed by atoms with Gasteiger partial charge in [-0.3, -0.25) is 0 Å². The second-order valence-electron chi connectivity index (χ2n) is 3.10. The zero-order chi connectivity index (χ0) is 9.84. The van der Waals surface area contributed by atoms with Gasteiger partial charge in [0, 0.05) is 32.4 Å². The van der Waals surface area contributed by atoms with E-state index in [0.717, 1.165) is 11.4 Å². The first kappa shape index (κ1) is 9.95. The van der Waals surface area contributed by atoms with Gasteiger partial charge in [0.1, 0.15) is 5.82 Å². The molecule has 0 unspecified atom stereocenters. The fourth-order valence-electron chi connectivity index (χ4n) is 0.995. The van der Waals surface area contributed by atoms with Crippen LogP contribution in [0.4, 0.5) is 5.82 Å². The Morgan fingerprint density at radius 3 is 2.62 bits per heavy atom. The Balaban J connectivity index is 2.81. The quantitative estimate of drug-likeness (QED) is 0.696. The Bertz CT molecular complexity index is 258. The molecule has 0 aliphatic rings. The van der Waals surface area contributed by atoms with E-state index >= 15 is 0 Å². The molecule has 0 saturated carbocycles. The minimum Gasteiger partial charge on any atom is -0.387 e. The summed E-state index contributed by atoms with van der Waals surface area (Å²) in [4.78, 5) is 6.06. The Morgan fingerprint density at radius 2 is 2.23 bits per heavy atom. The van der Waals surface area contributed by atoms with Crippen LogP contribution in [0.2, 0.25) is 0 Å². The van der Waals surface area contributed by atoms with E-state index in [1.807, 2.05) is 31.1 Å². The molecule has 0 bridgehead atoms. The molecule has 0 spiro atoms. The smallest absolute Gasteiger partial charge is 0.127 e. The monoisotopic (exact) mass is 181 g/mol. The van der Waals surface area contributed by atoms with Crippen LogP contribution in [-0.4, -0.2) is 30.7 Å². The van der Waals surface area contributed by atoms with Gasteiger partial charge in [-0.1, -0.05) is 6.07 Å². The number of hydrogen-bond acceptors (Lipinski definition) is 4. The van der Waals surface area contributed by atoms with Crippen molar-refractivity contribution in [2.75, 3.05) is 25.5 Å². The van der Waals surface area contributed by atoms with Crippen LogP contribution >= 0.6 is 0 Å². The summed E-state index contributed by atoms with van der Waals surface area (Å²) >= 11 is 0. The fraction of sp³-hybridized carbons (Fsp3) is 0.444. The minimum atomic E-state index is -0.608. The fourth-order valence-corrected chi connectivity index (χ4v) is 0.995. The van der Waals surface area contributed by atoms with Crippen molar-refractivity contribution in [2.24, 2.45) is 5.73 Å². The molecule has 0 radical (unpaired) electrons. The number of anilines is 1. The third kappa shape index (κ3) is 2.40. The summed E-state index contributed by atoms with van der Waals surface area (Å²) < 4.78 is 0. The Labute approximate surface area is 78.0 Å². The van der Waals surface area contributed by atoms with Crippen LogP contribution in [0.3, 0.4) is 0 Å². The van der Waals surface area contributed by atoms with E-state index < -0.39 is 6.10 Å². The second-order valence-corrected chi connectivity index (χ2v) is 3.10. The Kier molecular flexibility index (Phi) is 3.22. The lowest BCUT2D eigenvalue weighted by Crippen LogP contribution is -2.13. The summed E-state index contributed by atoms with van der Waals surface area (Å²) in [6.45, 7) is 0.225. The lowest BCUT2D eigenvalue weighted by atomic mass is 10.1. The zero-order valence-corrected chi connectivity index (χ0v) is 7.94. The van der Waals surface area contributed by atoms with Gasteiger partial charge < -0.3 is 15.7 Å². The molecule has 1 atom stereocenters. The molecule has 1 aromatic heterocycles. The van der Waals surface area contributed by atoms with E-state index in [4.69, 9.17) is 5.73 Å². The number of nitrogens with zero attached hydrogens (tertiary/aromatic N) is 2. The van der Waals surface area contributed by atoms with Gasteiger partial charge >= 0.3 is 0 Å². The summed E-state index contributed by atoms with van der Waals surface area (Å²) in [5.74, 6) is 0.868. The van der Waals surface area contributed by atoms with E-state index in [9.17, 15) is 5.11 Å². The second kappa shape index (κ2) is 4.20. The molecule has 0 aromatic carbocycles. The molecule has 3 N–H and O–H groups in total. The highest BCUT2D eigenvalue weighted by Crippen LogP contribution is 2.13. The van der Waals surface area contributed by atoms with E-state index in [1.54, 1.807) is 6.20 Å². The molecule has 0 fully saturated rings. The Morgan fingerprint density at radius 1 is 1.54 bits per heavy atom. The number of pyridine rings is 1. The van der Waals surface area contributed by atoms with Crippen molar-refractivity contribution in [1.82, 2.24) is 4.98 Å². The molecule has 4 nitrogen and oxygen atoms in total. The standard InChI is InChI=1S/C9H15N3O/c1-12(2)9-4-3-7(6-11-9)8(13)5-10/h3-4,6,8,13H,5,10H2,1-2H3/t8-/m0/s1. The van der Waals surface area contributed by atoms with Crippen molar-refractivity contribution in [3.05, 3.63) is 23.9 Å². The van der Waals surface area contributed by atoms with Crippen LogP contribution in [0.5, 0.6) is 0 Å². The molecular weight excluding hydrogens is 166 g/mol. The number of rotatable bonds is 3. The first-order valence-electron chi connectivity index (χ1n) is 4.16. The average molecular weight is 181 g/mol. The van der Waals surface area contributed by atoms with E-state index in [1.165, 1.54) is 0 Å². The van der Waals surface area contributed by atoms with Gasteiger partial charge in [0.25, 0.3) is 0 Å².